The molecule has 3 aromatic rings. The van der Waals surface area contributed by atoms with Gasteiger partial charge in [-0.25, -0.2) is 0 Å². The van der Waals surface area contributed by atoms with Gasteiger partial charge in [-0.15, -0.1) is 0 Å². The lowest BCUT2D eigenvalue weighted by molar-refractivity contribution is -0.686. The van der Waals surface area contributed by atoms with Crippen molar-refractivity contribution < 1.29 is 15.2 Å². The fourth-order valence-corrected chi connectivity index (χ4v) is 2.41. The second-order valence-corrected chi connectivity index (χ2v) is 5.83. The quantitative estimate of drug-likeness (QED) is 0.779. The van der Waals surface area contributed by atoms with Gasteiger partial charge in [0.15, 0.2) is 0 Å². The summed E-state index contributed by atoms with van der Waals surface area (Å²) in [5, 5.41) is 12.6. The second-order valence-electron chi connectivity index (χ2n) is 5.83. The second kappa shape index (κ2) is 10.1. The average molecular weight is 333 g/mol. The molecule has 3 rings (SSSR count). The molecule has 0 amide bonds. The molecule has 0 heterocycles. The van der Waals surface area contributed by atoms with Crippen LogP contribution in [0.2, 0.25) is 0 Å². The monoisotopic (exact) mass is 333 g/mol. The van der Waals surface area contributed by atoms with E-state index in [4.69, 9.17) is 0 Å². The van der Waals surface area contributed by atoms with E-state index in [1.807, 2.05) is 13.0 Å². The molecule has 3 heteroatoms. The molecule has 0 aromatic heterocycles. The maximum atomic E-state index is 10.2. The van der Waals surface area contributed by atoms with Gasteiger partial charge in [0.25, 0.3) is 0 Å². The number of aryl methyl sites for hydroxylation is 1. The zero-order valence-corrected chi connectivity index (χ0v) is 14.4. The topological polar surface area (TPSA) is 56.7 Å². The summed E-state index contributed by atoms with van der Waals surface area (Å²) in [7, 11) is 0. The van der Waals surface area contributed by atoms with Crippen LogP contribution in [0.1, 0.15) is 27.0 Å². The van der Waals surface area contributed by atoms with Crippen LogP contribution in [-0.4, -0.2) is 5.97 Å². The van der Waals surface area contributed by atoms with E-state index in [9.17, 15) is 9.90 Å². The predicted molar refractivity (Wildman–Crippen MR) is 97.7 cm³/mol. The van der Waals surface area contributed by atoms with Crippen molar-refractivity contribution in [2.75, 3.05) is 0 Å². The SMILES string of the molecule is Cc1cccc(C(=O)[O-])c1.c1ccc(C[NH2+]Cc2ccccc2)cc1. The molecule has 0 aliphatic heterocycles. The Kier molecular flexibility index (Phi) is 7.41. The van der Waals surface area contributed by atoms with Crippen LogP contribution in [0.3, 0.4) is 0 Å². The number of quaternary nitrogens is 1. The summed E-state index contributed by atoms with van der Waals surface area (Å²) in [6, 6.07) is 27.8. The Morgan fingerprint density at radius 1 is 0.800 bits per heavy atom. The highest BCUT2D eigenvalue weighted by Gasteiger charge is 1.95. The number of carboxylic acids is 1. The highest BCUT2D eigenvalue weighted by Crippen LogP contribution is 2.01. The predicted octanol–water partition coefficient (Wildman–Crippen LogP) is 2.31. The van der Waals surface area contributed by atoms with E-state index in [-0.39, 0.29) is 5.56 Å². The molecule has 3 aromatic carbocycles. The van der Waals surface area contributed by atoms with Gasteiger partial charge < -0.3 is 15.2 Å². The van der Waals surface area contributed by atoms with Crippen molar-refractivity contribution in [2.24, 2.45) is 0 Å². The van der Waals surface area contributed by atoms with E-state index < -0.39 is 5.97 Å². The average Bonchev–Trinajstić information content (AvgIpc) is 2.64. The molecule has 2 N–H and O–H groups in total. The molecule has 0 bridgehead atoms. The molecule has 0 unspecified atom stereocenters. The number of carboxylic acid groups (broad SMARTS) is 1. The molecule has 0 aliphatic carbocycles. The lowest BCUT2D eigenvalue weighted by Gasteiger charge is -2.01. The maximum absolute atomic E-state index is 10.2. The Labute approximate surface area is 149 Å². The van der Waals surface area contributed by atoms with Crippen LogP contribution >= 0.6 is 0 Å². The van der Waals surface area contributed by atoms with Crippen molar-refractivity contribution in [1.29, 1.82) is 0 Å². The Balaban J connectivity index is 0.000000196. The van der Waals surface area contributed by atoms with E-state index in [1.165, 1.54) is 17.2 Å². The third kappa shape index (κ3) is 7.02. The first-order valence-corrected chi connectivity index (χ1v) is 8.32. The molecule has 128 valence electrons. The molecule has 0 fully saturated rings. The first-order chi connectivity index (χ1) is 12.1. The molecule has 25 heavy (non-hydrogen) atoms. The lowest BCUT2D eigenvalue weighted by atomic mass is 10.1. The summed E-state index contributed by atoms with van der Waals surface area (Å²) in [5.74, 6) is -1.12. The Morgan fingerprint density at radius 3 is 1.72 bits per heavy atom. The molecule has 0 atom stereocenters. The minimum absolute atomic E-state index is 0.236. The van der Waals surface area contributed by atoms with E-state index >= 15 is 0 Å². The number of carbonyl (C=O) groups is 1. The van der Waals surface area contributed by atoms with Crippen LogP contribution in [0.25, 0.3) is 0 Å². The fourth-order valence-electron chi connectivity index (χ4n) is 2.41. The van der Waals surface area contributed by atoms with Gasteiger partial charge in [0.2, 0.25) is 0 Å². The third-order valence-corrected chi connectivity index (χ3v) is 3.70. The van der Waals surface area contributed by atoms with Crippen LogP contribution in [0.5, 0.6) is 0 Å². The molecule has 0 radical (unpaired) electrons. The van der Waals surface area contributed by atoms with Gasteiger partial charge in [-0.2, -0.15) is 0 Å². The number of aromatic carboxylic acids is 1. The summed E-state index contributed by atoms with van der Waals surface area (Å²) >= 11 is 0. The molecular weight excluding hydrogens is 310 g/mol. The van der Waals surface area contributed by atoms with Crippen molar-refractivity contribution in [3.05, 3.63) is 107 Å². The van der Waals surface area contributed by atoms with Crippen molar-refractivity contribution in [3.8, 4) is 0 Å². The third-order valence-electron chi connectivity index (χ3n) is 3.70. The number of rotatable bonds is 5. The number of hydrogen-bond donors (Lipinski definition) is 1. The molecule has 0 saturated heterocycles. The van der Waals surface area contributed by atoms with E-state index in [0.29, 0.717) is 0 Å². The van der Waals surface area contributed by atoms with Crippen LogP contribution < -0.4 is 10.4 Å². The van der Waals surface area contributed by atoms with Gasteiger partial charge in [-0.05, 0) is 12.5 Å². The Morgan fingerprint density at radius 2 is 1.32 bits per heavy atom. The van der Waals surface area contributed by atoms with E-state index in [2.05, 4.69) is 66.0 Å². The van der Waals surface area contributed by atoms with E-state index in [1.54, 1.807) is 12.1 Å². The highest BCUT2D eigenvalue weighted by molar-refractivity contribution is 5.85. The van der Waals surface area contributed by atoms with Gasteiger partial charge in [0.1, 0.15) is 13.1 Å². The van der Waals surface area contributed by atoms with Crippen molar-refractivity contribution in [2.45, 2.75) is 20.0 Å². The number of carbonyl (C=O) groups excluding carboxylic acids is 1. The highest BCUT2D eigenvalue weighted by atomic mass is 16.4. The van der Waals surface area contributed by atoms with Gasteiger partial charge in [-0.1, -0.05) is 90.5 Å². The van der Waals surface area contributed by atoms with Crippen molar-refractivity contribution in [3.63, 3.8) is 0 Å². The summed E-state index contributed by atoms with van der Waals surface area (Å²) in [4.78, 5) is 10.2. The van der Waals surface area contributed by atoms with Crippen molar-refractivity contribution >= 4 is 5.97 Å². The van der Waals surface area contributed by atoms with Gasteiger partial charge >= 0.3 is 0 Å². The normalized spacial score (nSPS) is 9.80. The van der Waals surface area contributed by atoms with Gasteiger partial charge in [0, 0.05) is 11.1 Å². The van der Waals surface area contributed by atoms with Crippen LogP contribution in [0.4, 0.5) is 0 Å². The maximum Gasteiger partial charge on any atom is 0.101 e. The smallest absolute Gasteiger partial charge is 0.101 e. The van der Waals surface area contributed by atoms with Crippen LogP contribution in [0.15, 0.2) is 84.9 Å². The lowest BCUT2D eigenvalue weighted by Crippen LogP contribution is -2.80. The zero-order valence-electron chi connectivity index (χ0n) is 14.4. The number of hydrogen-bond acceptors (Lipinski definition) is 2. The molecule has 0 aliphatic rings. The Bertz CT molecular complexity index is 731. The standard InChI is InChI=1S/C14H15N.C8H8O2/c1-3-7-13(8-4-1)11-15-12-14-9-5-2-6-10-14;1-6-3-2-4-7(5-6)8(9)10/h1-10,15H,11-12H2;2-5H,1H3,(H,9,10). The Hall–Kier alpha value is -2.91. The van der Waals surface area contributed by atoms with Gasteiger partial charge in [0.05, 0.1) is 5.97 Å². The first-order valence-electron chi connectivity index (χ1n) is 8.32. The molecule has 0 saturated carbocycles. The summed E-state index contributed by atoms with van der Waals surface area (Å²) in [6.45, 7) is 3.94. The molecular formula is C22H23NO2. The van der Waals surface area contributed by atoms with Gasteiger partial charge in [-0.3, -0.25) is 0 Å². The minimum Gasteiger partial charge on any atom is -0.545 e. The van der Waals surface area contributed by atoms with Crippen LogP contribution in [-0.2, 0) is 13.1 Å². The van der Waals surface area contributed by atoms with Crippen LogP contribution in [0, 0.1) is 6.92 Å². The minimum atomic E-state index is -1.12. The molecule has 0 spiro atoms. The molecule has 3 nitrogen and oxygen atoms in total. The largest absolute Gasteiger partial charge is 0.545 e. The van der Waals surface area contributed by atoms with Crippen molar-refractivity contribution in [1.82, 2.24) is 0 Å². The first kappa shape index (κ1) is 18.4. The summed E-state index contributed by atoms with van der Waals surface area (Å²) < 4.78 is 0. The number of nitrogens with two attached hydrogens (primary N) is 1. The van der Waals surface area contributed by atoms with E-state index in [0.717, 1.165) is 18.7 Å². The number of benzene rings is 3. The summed E-state index contributed by atoms with van der Waals surface area (Å²) in [5.41, 5.74) is 3.93. The zero-order chi connectivity index (χ0) is 17.9. The summed E-state index contributed by atoms with van der Waals surface area (Å²) in [6.07, 6.45) is 0. The fraction of sp³-hybridized carbons (Fsp3) is 0.136.